The van der Waals surface area contributed by atoms with Crippen molar-refractivity contribution < 1.29 is 0 Å². The Bertz CT molecular complexity index is 3190. The molecule has 0 fully saturated rings. The summed E-state index contributed by atoms with van der Waals surface area (Å²) in [4.78, 5) is 15.9. The normalized spacial score (nSPS) is 11.4. The van der Waals surface area contributed by atoms with Crippen LogP contribution >= 0.6 is 0 Å². The third-order valence-electron chi connectivity index (χ3n) is 11.3. The molecule has 1 heterocycles. The zero-order valence-corrected chi connectivity index (χ0v) is 31.5. The van der Waals surface area contributed by atoms with E-state index in [1.54, 1.807) is 0 Å². The zero-order valence-electron chi connectivity index (χ0n) is 31.5. The first kappa shape index (κ1) is 33.6. The molecule has 1 aromatic heterocycles. The van der Waals surface area contributed by atoms with Crippen molar-refractivity contribution in [3.63, 3.8) is 0 Å². The van der Waals surface area contributed by atoms with Gasteiger partial charge in [0.05, 0.1) is 0 Å². The summed E-state index contributed by atoms with van der Waals surface area (Å²) in [6.45, 7) is 0. The highest BCUT2D eigenvalue weighted by Crippen LogP contribution is 2.36. The average Bonchev–Trinajstić information content (AvgIpc) is 3.30. The van der Waals surface area contributed by atoms with Crippen molar-refractivity contribution in [3.05, 3.63) is 212 Å². The highest BCUT2D eigenvalue weighted by atomic mass is 15.0. The van der Waals surface area contributed by atoms with Crippen LogP contribution in [0, 0.1) is 0 Å². The lowest BCUT2D eigenvalue weighted by atomic mass is 9.97. The Morgan fingerprint density at radius 1 is 0.207 bits per heavy atom. The molecule has 3 heteroatoms. The summed E-state index contributed by atoms with van der Waals surface area (Å²) in [6.07, 6.45) is 0. The molecule has 0 spiro atoms. The molecule has 0 atom stereocenters. The fraction of sp³-hybridized carbons (Fsp3) is 0. The Labute approximate surface area is 336 Å². The maximum Gasteiger partial charge on any atom is 0.164 e. The molecule has 0 N–H and O–H groups in total. The van der Waals surface area contributed by atoms with Crippen molar-refractivity contribution in [3.8, 4) is 67.5 Å². The van der Waals surface area contributed by atoms with Crippen LogP contribution in [-0.4, -0.2) is 15.0 Å². The number of hydrogen-bond donors (Lipinski definition) is 0. The summed E-state index contributed by atoms with van der Waals surface area (Å²) in [5.74, 6) is 1.90. The van der Waals surface area contributed by atoms with Crippen LogP contribution in [0.25, 0.3) is 111 Å². The smallest absolute Gasteiger partial charge is 0.164 e. The first-order chi connectivity index (χ1) is 28.7. The number of aromatic nitrogens is 3. The molecule has 0 bridgehead atoms. The molecular weight excluding hydrogens is 703 g/mol. The monoisotopic (exact) mass is 737 g/mol. The highest BCUT2D eigenvalue weighted by molar-refractivity contribution is 6.01. The Kier molecular flexibility index (Phi) is 8.15. The van der Waals surface area contributed by atoms with Gasteiger partial charge < -0.3 is 0 Å². The summed E-state index contributed by atoms with van der Waals surface area (Å²) in [5, 5.41) is 9.20. The van der Waals surface area contributed by atoms with Crippen molar-refractivity contribution in [2.24, 2.45) is 0 Å². The molecule has 0 aliphatic carbocycles. The summed E-state index contributed by atoms with van der Waals surface area (Å²) in [6, 6.07) is 75.5. The molecule has 10 aromatic carbocycles. The van der Waals surface area contributed by atoms with Gasteiger partial charge in [0.1, 0.15) is 0 Å². The zero-order chi connectivity index (χ0) is 38.4. The van der Waals surface area contributed by atoms with Crippen LogP contribution in [0.15, 0.2) is 212 Å². The minimum Gasteiger partial charge on any atom is -0.208 e. The standard InChI is InChI=1S/C55H35N3/c1-3-11-36(12-4-1)45-28-24-40-17-9-19-49(51(40)34-45)54-56-53(57-55(58-54)50-20-10-18-41-25-29-46(35-52(41)50)37-13-5-2-6-14-37)47-30-23-39-22-27-44(32-48(39)33-47)43-26-21-38-15-7-8-16-42(38)31-43/h1-35H. The Morgan fingerprint density at radius 2 is 0.586 bits per heavy atom. The molecule has 11 aromatic rings. The van der Waals surface area contributed by atoms with Gasteiger partial charge in [-0.05, 0) is 107 Å². The molecule has 11 rings (SSSR count). The molecule has 0 aliphatic rings. The largest absolute Gasteiger partial charge is 0.208 e. The van der Waals surface area contributed by atoms with E-state index in [-0.39, 0.29) is 0 Å². The van der Waals surface area contributed by atoms with Crippen molar-refractivity contribution in [1.29, 1.82) is 0 Å². The fourth-order valence-electron chi connectivity index (χ4n) is 8.24. The summed E-state index contributed by atoms with van der Waals surface area (Å²) in [5.41, 5.74) is 9.84. The van der Waals surface area contributed by atoms with Crippen LogP contribution in [0.5, 0.6) is 0 Å². The van der Waals surface area contributed by atoms with Gasteiger partial charge in [-0.15, -0.1) is 0 Å². The predicted octanol–water partition coefficient (Wildman–Crippen LogP) is 14.5. The first-order valence-corrected chi connectivity index (χ1v) is 19.7. The molecule has 0 amide bonds. The van der Waals surface area contributed by atoms with E-state index in [2.05, 4.69) is 212 Å². The molecular formula is C55H35N3. The second-order valence-corrected chi connectivity index (χ2v) is 14.9. The van der Waals surface area contributed by atoms with Gasteiger partial charge >= 0.3 is 0 Å². The maximum atomic E-state index is 5.32. The topological polar surface area (TPSA) is 38.7 Å². The van der Waals surface area contributed by atoms with Crippen LogP contribution in [0.3, 0.4) is 0 Å². The van der Waals surface area contributed by atoms with E-state index < -0.39 is 0 Å². The molecule has 0 saturated carbocycles. The Hall–Kier alpha value is -7.75. The predicted molar refractivity (Wildman–Crippen MR) is 242 cm³/mol. The second-order valence-electron chi connectivity index (χ2n) is 14.9. The van der Waals surface area contributed by atoms with Crippen LogP contribution in [0.4, 0.5) is 0 Å². The van der Waals surface area contributed by atoms with Gasteiger partial charge in [-0.2, -0.15) is 0 Å². The van der Waals surface area contributed by atoms with Gasteiger partial charge in [0.15, 0.2) is 17.5 Å². The minimum absolute atomic E-state index is 0.630. The molecule has 0 saturated heterocycles. The Balaban J connectivity index is 1.11. The number of benzene rings is 10. The second kappa shape index (κ2) is 14.1. The minimum atomic E-state index is 0.630. The van der Waals surface area contributed by atoms with Gasteiger partial charge in [-0.25, -0.2) is 15.0 Å². The van der Waals surface area contributed by atoms with E-state index in [4.69, 9.17) is 15.0 Å². The third kappa shape index (κ3) is 6.16. The lowest BCUT2D eigenvalue weighted by molar-refractivity contribution is 1.08. The quantitative estimate of drug-likeness (QED) is 0.171. The van der Waals surface area contributed by atoms with Crippen molar-refractivity contribution in [2.45, 2.75) is 0 Å². The molecule has 3 nitrogen and oxygen atoms in total. The molecule has 0 radical (unpaired) electrons. The third-order valence-corrected chi connectivity index (χ3v) is 11.3. The van der Waals surface area contributed by atoms with Crippen LogP contribution < -0.4 is 0 Å². The van der Waals surface area contributed by atoms with E-state index >= 15 is 0 Å². The SMILES string of the molecule is c1ccc(-c2ccc3cccc(-c4nc(-c5ccc6ccc(-c7ccc8ccccc8c7)cc6c5)nc(-c5cccc6ccc(-c7ccccc7)cc56)n4)c3c2)cc1. The number of nitrogens with zero attached hydrogens (tertiary/aromatic N) is 3. The number of rotatable bonds is 6. The van der Waals surface area contributed by atoms with Gasteiger partial charge in [0.25, 0.3) is 0 Å². The maximum absolute atomic E-state index is 5.32. The van der Waals surface area contributed by atoms with E-state index in [0.717, 1.165) is 60.1 Å². The highest BCUT2D eigenvalue weighted by Gasteiger charge is 2.17. The number of hydrogen-bond acceptors (Lipinski definition) is 3. The summed E-state index contributed by atoms with van der Waals surface area (Å²) >= 11 is 0. The van der Waals surface area contributed by atoms with Crippen LogP contribution in [0.1, 0.15) is 0 Å². The first-order valence-electron chi connectivity index (χ1n) is 19.7. The molecule has 270 valence electrons. The van der Waals surface area contributed by atoms with Crippen molar-refractivity contribution in [1.82, 2.24) is 15.0 Å². The van der Waals surface area contributed by atoms with Crippen LogP contribution in [0.2, 0.25) is 0 Å². The fourth-order valence-corrected chi connectivity index (χ4v) is 8.24. The average molecular weight is 738 g/mol. The molecule has 0 aliphatic heterocycles. The summed E-state index contributed by atoms with van der Waals surface area (Å²) in [7, 11) is 0. The van der Waals surface area contributed by atoms with E-state index in [1.165, 1.54) is 33.0 Å². The number of fused-ring (bicyclic) bond motifs is 4. The van der Waals surface area contributed by atoms with Crippen LogP contribution in [-0.2, 0) is 0 Å². The van der Waals surface area contributed by atoms with E-state index in [9.17, 15) is 0 Å². The van der Waals surface area contributed by atoms with E-state index in [1.807, 2.05) is 0 Å². The Morgan fingerprint density at radius 3 is 1.14 bits per heavy atom. The van der Waals surface area contributed by atoms with Crippen molar-refractivity contribution >= 4 is 43.1 Å². The lowest BCUT2D eigenvalue weighted by Gasteiger charge is -2.13. The molecule has 58 heavy (non-hydrogen) atoms. The van der Waals surface area contributed by atoms with Gasteiger partial charge in [-0.3, -0.25) is 0 Å². The molecule has 0 unspecified atom stereocenters. The lowest BCUT2D eigenvalue weighted by Crippen LogP contribution is -2.01. The van der Waals surface area contributed by atoms with Gasteiger partial charge in [-0.1, -0.05) is 182 Å². The van der Waals surface area contributed by atoms with E-state index in [0.29, 0.717) is 17.5 Å². The van der Waals surface area contributed by atoms with Crippen molar-refractivity contribution in [2.75, 3.05) is 0 Å². The van der Waals surface area contributed by atoms with Gasteiger partial charge in [0.2, 0.25) is 0 Å². The van der Waals surface area contributed by atoms with Gasteiger partial charge in [0, 0.05) is 16.7 Å². The summed E-state index contributed by atoms with van der Waals surface area (Å²) < 4.78 is 0.